The summed E-state index contributed by atoms with van der Waals surface area (Å²) in [5, 5.41) is 11.9. The number of nitrogens with one attached hydrogen (secondary N) is 2. The van der Waals surface area contributed by atoms with Gasteiger partial charge in [0.05, 0.1) is 6.67 Å². The minimum Gasteiger partial charge on any atom is -0.465 e. The molecule has 0 aliphatic carbocycles. The van der Waals surface area contributed by atoms with E-state index in [0.717, 1.165) is 0 Å². The Morgan fingerprint density at radius 1 is 1.75 bits per heavy atom. The van der Waals surface area contributed by atoms with Gasteiger partial charge in [-0.05, 0) is 0 Å². The summed E-state index contributed by atoms with van der Waals surface area (Å²) in [5.74, 6) is 0. The fourth-order valence-corrected chi connectivity index (χ4v) is 0.168. The van der Waals surface area contributed by atoms with Gasteiger partial charge in [-0.3, -0.25) is 4.79 Å². The van der Waals surface area contributed by atoms with Crippen molar-refractivity contribution in [3.05, 3.63) is 0 Å². The molecule has 0 saturated carbocycles. The van der Waals surface area contributed by atoms with Gasteiger partial charge < -0.3 is 15.7 Å². The lowest BCUT2D eigenvalue weighted by molar-refractivity contribution is -0.109. The van der Waals surface area contributed by atoms with Gasteiger partial charge in [-0.1, -0.05) is 0 Å². The molecule has 0 saturated heterocycles. The molecule has 46 valence electrons. The van der Waals surface area contributed by atoms with Crippen molar-refractivity contribution in [3.63, 3.8) is 0 Å². The average Bonchev–Trinajstić information content (AvgIpc) is 1.66. The summed E-state index contributed by atoms with van der Waals surface area (Å²) in [7, 11) is 0. The molecule has 0 spiro atoms. The maximum atomic E-state index is 9.61. The first kappa shape index (κ1) is 6.74. The molecule has 0 bridgehead atoms. The van der Waals surface area contributed by atoms with Crippen LogP contribution in [0, 0.1) is 0 Å². The highest BCUT2D eigenvalue weighted by Crippen LogP contribution is 1.52. The van der Waals surface area contributed by atoms with Crippen LogP contribution in [0.3, 0.4) is 0 Å². The van der Waals surface area contributed by atoms with Crippen LogP contribution >= 0.6 is 0 Å². The molecule has 0 aromatic carbocycles. The number of amides is 2. The van der Waals surface area contributed by atoms with Gasteiger partial charge in [0.15, 0.2) is 0 Å². The van der Waals surface area contributed by atoms with E-state index in [4.69, 9.17) is 5.11 Å². The Morgan fingerprint density at radius 2 is 2.38 bits per heavy atom. The second kappa shape index (κ2) is 3.91. The van der Waals surface area contributed by atoms with Crippen LogP contribution in [0.2, 0.25) is 0 Å². The largest absolute Gasteiger partial charge is 0.465 e. The first-order valence-corrected chi connectivity index (χ1v) is 1.91. The van der Waals surface area contributed by atoms with Gasteiger partial charge in [0.25, 0.3) is 0 Å². The first-order valence-electron chi connectivity index (χ1n) is 1.91. The third kappa shape index (κ3) is 4.74. The fourth-order valence-electron chi connectivity index (χ4n) is 0.168. The van der Waals surface area contributed by atoms with Crippen molar-refractivity contribution >= 4 is 12.5 Å². The maximum Gasteiger partial charge on any atom is 0.406 e. The topological polar surface area (TPSA) is 78.4 Å². The highest BCUT2D eigenvalue weighted by Gasteiger charge is 1.87. The van der Waals surface area contributed by atoms with E-state index in [9.17, 15) is 9.59 Å². The van der Waals surface area contributed by atoms with Gasteiger partial charge in [0.2, 0.25) is 6.41 Å². The molecule has 0 atom stereocenters. The Bertz CT molecular complexity index is 92.5. The molecule has 0 aliphatic heterocycles. The van der Waals surface area contributed by atoms with E-state index in [-0.39, 0.29) is 6.67 Å². The molecule has 5 nitrogen and oxygen atoms in total. The summed E-state index contributed by atoms with van der Waals surface area (Å²) < 4.78 is 0. The quantitative estimate of drug-likeness (QED) is 0.251. The van der Waals surface area contributed by atoms with Crippen molar-refractivity contribution in [3.8, 4) is 0 Å². The van der Waals surface area contributed by atoms with Crippen LogP contribution in [0.5, 0.6) is 0 Å². The minimum atomic E-state index is -1.15. The number of carbonyl (C=O) groups is 2. The second-order valence-corrected chi connectivity index (χ2v) is 0.981. The lowest BCUT2D eigenvalue weighted by Crippen LogP contribution is -2.31. The summed E-state index contributed by atoms with van der Waals surface area (Å²) in [6, 6.07) is 0. The smallest absolute Gasteiger partial charge is 0.406 e. The zero-order valence-electron chi connectivity index (χ0n) is 4.05. The summed E-state index contributed by atoms with van der Waals surface area (Å²) in [5.41, 5.74) is 0. The van der Waals surface area contributed by atoms with Crippen molar-refractivity contribution in [1.29, 1.82) is 0 Å². The van der Waals surface area contributed by atoms with E-state index < -0.39 is 6.09 Å². The molecule has 0 unspecified atom stereocenters. The Morgan fingerprint density at radius 3 is 2.75 bits per heavy atom. The molecule has 0 rings (SSSR count). The molecule has 3 N–H and O–H groups in total. The number of hydrogen-bond donors (Lipinski definition) is 3. The van der Waals surface area contributed by atoms with Crippen LogP contribution in [0.25, 0.3) is 0 Å². The van der Waals surface area contributed by atoms with Crippen LogP contribution < -0.4 is 10.6 Å². The molecule has 0 aromatic rings. The maximum absolute atomic E-state index is 9.61. The van der Waals surface area contributed by atoms with Crippen LogP contribution in [0.4, 0.5) is 4.79 Å². The fraction of sp³-hybridized carbons (Fsp3) is 0.333. The zero-order chi connectivity index (χ0) is 6.41. The van der Waals surface area contributed by atoms with E-state index in [0.29, 0.717) is 6.41 Å². The van der Waals surface area contributed by atoms with E-state index in [2.05, 4.69) is 5.32 Å². The van der Waals surface area contributed by atoms with Crippen LogP contribution in [0.1, 0.15) is 0 Å². The number of hydrogen-bond acceptors (Lipinski definition) is 2. The van der Waals surface area contributed by atoms with Crippen LogP contribution in [-0.4, -0.2) is 24.3 Å². The standard InChI is InChI=1S/C3H6N2O3/c6-2-4-1-5-3(7)8/h2,5H,1H2,(H,4,6)(H,7,8). The van der Waals surface area contributed by atoms with Crippen LogP contribution in [0.15, 0.2) is 0 Å². The highest BCUT2D eigenvalue weighted by atomic mass is 16.4. The Balaban J connectivity index is 2.93. The summed E-state index contributed by atoms with van der Waals surface area (Å²) in [4.78, 5) is 19.0. The third-order valence-electron chi connectivity index (χ3n) is 0.425. The molecular formula is C3H6N2O3. The predicted molar refractivity (Wildman–Crippen MR) is 25.2 cm³/mol. The lowest BCUT2D eigenvalue weighted by Gasteiger charge is -1.94. The van der Waals surface area contributed by atoms with Gasteiger partial charge in [-0.15, -0.1) is 0 Å². The summed E-state index contributed by atoms with van der Waals surface area (Å²) >= 11 is 0. The van der Waals surface area contributed by atoms with Crippen molar-refractivity contribution in [2.75, 3.05) is 6.67 Å². The van der Waals surface area contributed by atoms with Crippen molar-refractivity contribution < 1.29 is 14.7 Å². The van der Waals surface area contributed by atoms with Gasteiger partial charge in [-0.2, -0.15) is 0 Å². The normalized spacial score (nSPS) is 7.50. The minimum absolute atomic E-state index is 0.0428. The van der Waals surface area contributed by atoms with Crippen LogP contribution in [-0.2, 0) is 4.79 Å². The highest BCUT2D eigenvalue weighted by molar-refractivity contribution is 5.64. The molecule has 0 aromatic heterocycles. The van der Waals surface area contributed by atoms with E-state index >= 15 is 0 Å². The van der Waals surface area contributed by atoms with Gasteiger partial charge in [-0.25, -0.2) is 4.79 Å². The number of carbonyl (C=O) groups excluding carboxylic acids is 1. The summed E-state index contributed by atoms with van der Waals surface area (Å²) in [6.07, 6.45) is -0.741. The molecule has 0 fully saturated rings. The molecule has 0 heterocycles. The van der Waals surface area contributed by atoms with Crippen molar-refractivity contribution in [2.45, 2.75) is 0 Å². The Hall–Kier alpha value is -1.26. The van der Waals surface area contributed by atoms with E-state index in [1.54, 1.807) is 0 Å². The molecule has 5 heteroatoms. The monoisotopic (exact) mass is 118 g/mol. The van der Waals surface area contributed by atoms with E-state index in [1.165, 1.54) is 0 Å². The van der Waals surface area contributed by atoms with Gasteiger partial charge >= 0.3 is 6.09 Å². The molecule has 0 radical (unpaired) electrons. The average molecular weight is 118 g/mol. The predicted octanol–water partition coefficient (Wildman–Crippen LogP) is -1.04. The Kier molecular flexibility index (Phi) is 3.30. The first-order chi connectivity index (χ1) is 3.77. The van der Waals surface area contributed by atoms with Crippen molar-refractivity contribution in [1.82, 2.24) is 10.6 Å². The van der Waals surface area contributed by atoms with E-state index in [1.807, 2.05) is 5.32 Å². The third-order valence-corrected chi connectivity index (χ3v) is 0.425. The molecule has 8 heavy (non-hydrogen) atoms. The van der Waals surface area contributed by atoms with Gasteiger partial charge in [0, 0.05) is 0 Å². The number of carboxylic acid groups (broad SMARTS) is 1. The SMILES string of the molecule is O=CNCNC(=O)O. The van der Waals surface area contributed by atoms with Crippen molar-refractivity contribution in [2.24, 2.45) is 0 Å². The molecule has 2 amide bonds. The lowest BCUT2D eigenvalue weighted by atomic mass is 10.9. The molecular weight excluding hydrogens is 112 g/mol. The second-order valence-electron chi connectivity index (χ2n) is 0.981. The van der Waals surface area contributed by atoms with Gasteiger partial charge in [0.1, 0.15) is 0 Å². The Labute approximate surface area is 45.7 Å². The summed E-state index contributed by atoms with van der Waals surface area (Å²) in [6.45, 7) is -0.0428. The number of rotatable bonds is 3. The zero-order valence-corrected chi connectivity index (χ0v) is 4.05. The molecule has 0 aliphatic rings.